The number of aromatic nitrogens is 1. The zero-order chi connectivity index (χ0) is 11.5. The number of nitrogens with two attached hydrogens (primary N) is 1. The first-order valence-corrected chi connectivity index (χ1v) is 5.36. The lowest BCUT2D eigenvalue weighted by molar-refractivity contribution is 0.300. The SMILES string of the molecule is Cc1cc(CCO)c(N)c(-c2ccc[nH]2)c1. The molecule has 1 aromatic carbocycles. The van der Waals surface area contributed by atoms with Gasteiger partial charge in [-0.05, 0) is 37.1 Å². The van der Waals surface area contributed by atoms with Gasteiger partial charge in [0.2, 0.25) is 0 Å². The number of aryl methyl sites for hydroxylation is 1. The molecule has 1 aromatic heterocycles. The highest BCUT2D eigenvalue weighted by molar-refractivity contribution is 5.77. The average molecular weight is 216 g/mol. The molecule has 0 aliphatic heterocycles. The van der Waals surface area contributed by atoms with Crippen LogP contribution in [0.5, 0.6) is 0 Å². The van der Waals surface area contributed by atoms with E-state index in [-0.39, 0.29) is 6.61 Å². The second-order valence-corrected chi connectivity index (χ2v) is 3.94. The molecule has 0 saturated carbocycles. The van der Waals surface area contributed by atoms with Gasteiger partial charge in [-0.25, -0.2) is 0 Å². The van der Waals surface area contributed by atoms with E-state index in [2.05, 4.69) is 11.1 Å². The standard InChI is InChI=1S/C13H16N2O/c1-9-7-10(4-6-16)13(14)11(8-9)12-3-2-5-15-12/h2-3,5,7-8,15-16H,4,6,14H2,1H3. The van der Waals surface area contributed by atoms with E-state index in [9.17, 15) is 0 Å². The Morgan fingerprint density at radius 2 is 2.19 bits per heavy atom. The number of hydrogen-bond donors (Lipinski definition) is 3. The molecule has 2 rings (SSSR count). The van der Waals surface area contributed by atoms with Crippen LogP contribution < -0.4 is 5.73 Å². The summed E-state index contributed by atoms with van der Waals surface area (Å²) in [6, 6.07) is 8.02. The van der Waals surface area contributed by atoms with Crippen molar-refractivity contribution in [1.82, 2.24) is 4.98 Å². The predicted octanol–water partition coefficient (Wildman–Crippen LogP) is 2.11. The summed E-state index contributed by atoms with van der Waals surface area (Å²) in [7, 11) is 0. The molecule has 0 fully saturated rings. The summed E-state index contributed by atoms with van der Waals surface area (Å²) in [5, 5.41) is 8.99. The Morgan fingerprint density at radius 1 is 1.38 bits per heavy atom. The summed E-state index contributed by atoms with van der Waals surface area (Å²) in [6.07, 6.45) is 2.48. The van der Waals surface area contributed by atoms with Crippen LogP contribution in [0.15, 0.2) is 30.5 Å². The Bertz CT molecular complexity index is 475. The van der Waals surface area contributed by atoms with Crippen LogP contribution in [0.3, 0.4) is 0 Å². The third-order valence-corrected chi connectivity index (χ3v) is 2.68. The number of H-pyrrole nitrogens is 1. The van der Waals surface area contributed by atoms with Crippen molar-refractivity contribution >= 4 is 5.69 Å². The lowest BCUT2D eigenvalue weighted by Gasteiger charge is -2.11. The number of hydrogen-bond acceptors (Lipinski definition) is 2. The summed E-state index contributed by atoms with van der Waals surface area (Å²) in [5.74, 6) is 0. The van der Waals surface area contributed by atoms with Crippen molar-refractivity contribution in [3.05, 3.63) is 41.6 Å². The number of aliphatic hydroxyl groups is 1. The smallest absolute Gasteiger partial charge is 0.0474 e. The van der Waals surface area contributed by atoms with E-state index in [1.54, 1.807) is 0 Å². The Hall–Kier alpha value is -1.74. The van der Waals surface area contributed by atoms with E-state index in [0.717, 1.165) is 28.1 Å². The van der Waals surface area contributed by atoms with E-state index in [0.29, 0.717) is 6.42 Å². The number of nitrogens with one attached hydrogen (secondary N) is 1. The first-order valence-electron chi connectivity index (χ1n) is 5.36. The van der Waals surface area contributed by atoms with Gasteiger partial charge in [0, 0.05) is 29.7 Å². The normalized spacial score (nSPS) is 10.6. The van der Waals surface area contributed by atoms with Crippen molar-refractivity contribution in [3.8, 4) is 11.3 Å². The molecule has 0 saturated heterocycles. The third kappa shape index (κ3) is 1.95. The molecule has 2 aromatic rings. The fourth-order valence-corrected chi connectivity index (χ4v) is 1.92. The minimum atomic E-state index is 0.123. The molecule has 0 aliphatic carbocycles. The fraction of sp³-hybridized carbons (Fsp3) is 0.231. The monoisotopic (exact) mass is 216 g/mol. The molecule has 1 heterocycles. The molecule has 0 aliphatic rings. The molecule has 84 valence electrons. The van der Waals surface area contributed by atoms with E-state index < -0.39 is 0 Å². The number of rotatable bonds is 3. The third-order valence-electron chi connectivity index (χ3n) is 2.68. The number of aromatic amines is 1. The van der Waals surface area contributed by atoms with E-state index in [4.69, 9.17) is 10.8 Å². The largest absolute Gasteiger partial charge is 0.398 e. The quantitative estimate of drug-likeness (QED) is 0.688. The van der Waals surface area contributed by atoms with Crippen LogP contribution in [0.2, 0.25) is 0 Å². The minimum absolute atomic E-state index is 0.123. The molecule has 0 bridgehead atoms. The van der Waals surface area contributed by atoms with Gasteiger partial charge in [-0.1, -0.05) is 11.6 Å². The molecule has 3 nitrogen and oxygen atoms in total. The van der Waals surface area contributed by atoms with Gasteiger partial charge in [0.15, 0.2) is 0 Å². The maximum Gasteiger partial charge on any atom is 0.0474 e. The van der Waals surface area contributed by atoms with Crippen LogP contribution in [0, 0.1) is 6.92 Å². The maximum absolute atomic E-state index is 8.99. The summed E-state index contributed by atoms with van der Waals surface area (Å²) in [4.78, 5) is 3.15. The average Bonchev–Trinajstić information content (AvgIpc) is 2.76. The Balaban J connectivity index is 2.53. The van der Waals surface area contributed by atoms with E-state index in [1.807, 2.05) is 31.3 Å². The highest BCUT2D eigenvalue weighted by Gasteiger charge is 2.08. The van der Waals surface area contributed by atoms with Gasteiger partial charge in [0.25, 0.3) is 0 Å². The zero-order valence-electron chi connectivity index (χ0n) is 9.33. The molecular formula is C13H16N2O. The number of anilines is 1. The van der Waals surface area contributed by atoms with Crippen LogP contribution in [0.1, 0.15) is 11.1 Å². The first-order chi connectivity index (χ1) is 7.72. The van der Waals surface area contributed by atoms with Gasteiger partial charge in [-0.15, -0.1) is 0 Å². The van der Waals surface area contributed by atoms with Crippen LogP contribution in [-0.2, 0) is 6.42 Å². The number of aliphatic hydroxyl groups excluding tert-OH is 1. The van der Waals surface area contributed by atoms with Crippen LogP contribution in [0.4, 0.5) is 5.69 Å². The van der Waals surface area contributed by atoms with Crippen molar-refractivity contribution in [2.24, 2.45) is 0 Å². The van der Waals surface area contributed by atoms with Gasteiger partial charge < -0.3 is 15.8 Å². The summed E-state index contributed by atoms with van der Waals surface area (Å²) < 4.78 is 0. The highest BCUT2D eigenvalue weighted by Crippen LogP contribution is 2.29. The van der Waals surface area contributed by atoms with Crippen molar-refractivity contribution < 1.29 is 5.11 Å². The molecule has 0 atom stereocenters. The van der Waals surface area contributed by atoms with Gasteiger partial charge in [0.1, 0.15) is 0 Å². The number of benzene rings is 1. The zero-order valence-corrected chi connectivity index (χ0v) is 9.33. The van der Waals surface area contributed by atoms with E-state index in [1.165, 1.54) is 0 Å². The van der Waals surface area contributed by atoms with Crippen LogP contribution >= 0.6 is 0 Å². The number of nitrogen functional groups attached to an aromatic ring is 1. The lowest BCUT2D eigenvalue weighted by Crippen LogP contribution is -2.01. The first kappa shape index (κ1) is 10.8. The minimum Gasteiger partial charge on any atom is -0.398 e. The molecule has 4 N–H and O–H groups in total. The Morgan fingerprint density at radius 3 is 2.81 bits per heavy atom. The molecule has 0 radical (unpaired) electrons. The molecule has 0 amide bonds. The molecule has 16 heavy (non-hydrogen) atoms. The fourth-order valence-electron chi connectivity index (χ4n) is 1.92. The molecule has 0 unspecified atom stereocenters. The van der Waals surface area contributed by atoms with Gasteiger partial charge in [-0.3, -0.25) is 0 Å². The Labute approximate surface area is 94.9 Å². The predicted molar refractivity (Wildman–Crippen MR) is 66.2 cm³/mol. The van der Waals surface area contributed by atoms with Crippen LogP contribution in [-0.4, -0.2) is 16.7 Å². The summed E-state index contributed by atoms with van der Waals surface area (Å²) in [5.41, 5.74) is 11.0. The Kier molecular flexibility index (Phi) is 2.97. The summed E-state index contributed by atoms with van der Waals surface area (Å²) >= 11 is 0. The van der Waals surface area contributed by atoms with Crippen molar-refractivity contribution in [1.29, 1.82) is 0 Å². The molecular weight excluding hydrogens is 200 g/mol. The highest BCUT2D eigenvalue weighted by atomic mass is 16.2. The van der Waals surface area contributed by atoms with Crippen molar-refractivity contribution in [2.75, 3.05) is 12.3 Å². The van der Waals surface area contributed by atoms with Crippen LogP contribution in [0.25, 0.3) is 11.3 Å². The van der Waals surface area contributed by atoms with Gasteiger partial charge in [-0.2, -0.15) is 0 Å². The van der Waals surface area contributed by atoms with Crippen molar-refractivity contribution in [3.63, 3.8) is 0 Å². The maximum atomic E-state index is 8.99. The molecule has 3 heteroatoms. The lowest BCUT2D eigenvalue weighted by atomic mass is 9.99. The topological polar surface area (TPSA) is 62.0 Å². The second-order valence-electron chi connectivity index (χ2n) is 3.94. The van der Waals surface area contributed by atoms with Gasteiger partial charge in [0.05, 0.1) is 0 Å². The van der Waals surface area contributed by atoms with Gasteiger partial charge >= 0.3 is 0 Å². The van der Waals surface area contributed by atoms with Crippen molar-refractivity contribution in [2.45, 2.75) is 13.3 Å². The summed E-state index contributed by atoms with van der Waals surface area (Å²) in [6.45, 7) is 2.16. The second kappa shape index (κ2) is 4.41. The van der Waals surface area contributed by atoms with E-state index >= 15 is 0 Å². The molecule has 0 spiro atoms.